The Balaban J connectivity index is 0. The lowest BCUT2D eigenvalue weighted by Crippen LogP contribution is -2.52. The van der Waals surface area contributed by atoms with Gasteiger partial charge in [-0.05, 0) is 32.9 Å². The number of likely N-dealkylation sites (N-methyl/N-ethyl adjacent to an activating group) is 1. The predicted octanol–water partition coefficient (Wildman–Crippen LogP) is 1.77. The third-order valence-corrected chi connectivity index (χ3v) is 2.99. The average Bonchev–Trinajstić information content (AvgIpc) is 2.27. The van der Waals surface area contributed by atoms with Crippen LogP contribution < -0.4 is 11.1 Å². The molecule has 0 saturated carbocycles. The smallest absolute Gasteiger partial charge is 0.239 e. The molecule has 0 radical (unpaired) electrons. The van der Waals surface area contributed by atoms with E-state index in [-0.39, 0.29) is 18.3 Å². The number of hydrogen-bond acceptors (Lipinski definition) is 3. The molecular weight excluding hydrogens is 250 g/mol. The summed E-state index contributed by atoms with van der Waals surface area (Å²) in [6, 6.07) is 0. The molecule has 0 aromatic carbocycles. The van der Waals surface area contributed by atoms with Gasteiger partial charge in [0.15, 0.2) is 0 Å². The van der Waals surface area contributed by atoms with Gasteiger partial charge >= 0.3 is 0 Å². The number of nitrogens with two attached hydrogens (primary N) is 1. The summed E-state index contributed by atoms with van der Waals surface area (Å²) in [5, 5.41) is 2.93. The molecule has 0 rings (SSSR count). The SMILES string of the molecule is CCCN(CC)CCNC(=O)C(C)(N)CCC.Cl. The van der Waals surface area contributed by atoms with Crippen molar-refractivity contribution in [2.24, 2.45) is 5.73 Å². The van der Waals surface area contributed by atoms with Crippen molar-refractivity contribution in [3.05, 3.63) is 0 Å². The molecule has 0 aromatic heterocycles. The first-order valence-corrected chi connectivity index (χ1v) is 6.77. The van der Waals surface area contributed by atoms with Crippen LogP contribution in [0.2, 0.25) is 0 Å². The van der Waals surface area contributed by atoms with E-state index in [4.69, 9.17) is 5.73 Å². The summed E-state index contributed by atoms with van der Waals surface area (Å²) in [7, 11) is 0. The second-order valence-electron chi connectivity index (χ2n) is 4.86. The van der Waals surface area contributed by atoms with Crippen LogP contribution in [0.4, 0.5) is 0 Å². The Morgan fingerprint density at radius 1 is 1.22 bits per heavy atom. The van der Waals surface area contributed by atoms with Gasteiger partial charge in [0.1, 0.15) is 0 Å². The average molecular weight is 280 g/mol. The molecule has 1 amide bonds. The van der Waals surface area contributed by atoms with Crippen molar-refractivity contribution >= 4 is 18.3 Å². The van der Waals surface area contributed by atoms with E-state index in [1.54, 1.807) is 6.92 Å². The summed E-state index contributed by atoms with van der Waals surface area (Å²) in [5.41, 5.74) is 5.23. The van der Waals surface area contributed by atoms with Gasteiger partial charge in [0.05, 0.1) is 5.54 Å². The Morgan fingerprint density at radius 3 is 2.28 bits per heavy atom. The van der Waals surface area contributed by atoms with Crippen LogP contribution in [0.3, 0.4) is 0 Å². The van der Waals surface area contributed by atoms with Gasteiger partial charge in [0.25, 0.3) is 0 Å². The van der Waals surface area contributed by atoms with Gasteiger partial charge in [0, 0.05) is 13.1 Å². The molecule has 0 spiro atoms. The number of carbonyl (C=O) groups excluding carboxylic acids is 1. The van der Waals surface area contributed by atoms with Crippen LogP contribution in [0.5, 0.6) is 0 Å². The Labute approximate surface area is 118 Å². The van der Waals surface area contributed by atoms with Crippen molar-refractivity contribution in [3.63, 3.8) is 0 Å². The summed E-state index contributed by atoms with van der Waals surface area (Å²) >= 11 is 0. The number of rotatable bonds is 9. The molecule has 18 heavy (non-hydrogen) atoms. The summed E-state index contributed by atoms with van der Waals surface area (Å²) in [4.78, 5) is 14.2. The minimum absolute atomic E-state index is 0. The molecule has 0 aliphatic rings. The van der Waals surface area contributed by atoms with Crippen LogP contribution in [0.1, 0.15) is 47.0 Å². The van der Waals surface area contributed by atoms with Gasteiger partial charge in [-0.2, -0.15) is 0 Å². The van der Waals surface area contributed by atoms with Crippen LogP contribution in [0, 0.1) is 0 Å². The van der Waals surface area contributed by atoms with Crippen LogP contribution in [-0.2, 0) is 4.79 Å². The van der Waals surface area contributed by atoms with Gasteiger partial charge in [-0.1, -0.05) is 27.2 Å². The normalized spacial score (nSPS) is 13.9. The molecule has 0 heterocycles. The van der Waals surface area contributed by atoms with Crippen molar-refractivity contribution in [2.75, 3.05) is 26.2 Å². The second-order valence-corrected chi connectivity index (χ2v) is 4.86. The van der Waals surface area contributed by atoms with Gasteiger partial charge in [-0.15, -0.1) is 12.4 Å². The van der Waals surface area contributed by atoms with E-state index >= 15 is 0 Å². The van der Waals surface area contributed by atoms with E-state index in [0.29, 0.717) is 6.54 Å². The third kappa shape index (κ3) is 7.90. The molecule has 5 heteroatoms. The van der Waals surface area contributed by atoms with E-state index in [2.05, 4.69) is 24.1 Å². The predicted molar refractivity (Wildman–Crippen MR) is 80.2 cm³/mol. The van der Waals surface area contributed by atoms with Crippen molar-refractivity contribution in [3.8, 4) is 0 Å². The summed E-state index contributed by atoms with van der Waals surface area (Å²) in [6.45, 7) is 11.8. The first kappa shape index (κ1) is 20.0. The van der Waals surface area contributed by atoms with Gasteiger partial charge in [-0.25, -0.2) is 0 Å². The highest BCUT2D eigenvalue weighted by Crippen LogP contribution is 2.07. The van der Waals surface area contributed by atoms with E-state index in [1.807, 2.05) is 6.92 Å². The van der Waals surface area contributed by atoms with E-state index in [0.717, 1.165) is 38.9 Å². The minimum atomic E-state index is -0.726. The number of carbonyl (C=O) groups is 1. The lowest BCUT2D eigenvalue weighted by Gasteiger charge is -2.24. The van der Waals surface area contributed by atoms with Gasteiger partial charge in [-0.3, -0.25) is 4.79 Å². The minimum Gasteiger partial charge on any atom is -0.353 e. The summed E-state index contributed by atoms with van der Waals surface area (Å²) in [6.07, 6.45) is 2.80. The van der Waals surface area contributed by atoms with E-state index < -0.39 is 5.54 Å². The van der Waals surface area contributed by atoms with Crippen LogP contribution in [0.15, 0.2) is 0 Å². The Kier molecular flexibility index (Phi) is 11.8. The topological polar surface area (TPSA) is 58.4 Å². The largest absolute Gasteiger partial charge is 0.353 e. The maximum atomic E-state index is 11.8. The van der Waals surface area contributed by atoms with Crippen molar-refractivity contribution < 1.29 is 4.79 Å². The Bertz CT molecular complexity index is 222. The molecule has 0 aliphatic heterocycles. The highest BCUT2D eigenvalue weighted by molar-refractivity contribution is 5.85. The molecule has 110 valence electrons. The molecule has 1 atom stereocenters. The quantitative estimate of drug-likeness (QED) is 0.676. The molecule has 0 aromatic rings. The fourth-order valence-corrected chi connectivity index (χ4v) is 1.91. The number of nitrogens with one attached hydrogen (secondary N) is 1. The maximum Gasteiger partial charge on any atom is 0.239 e. The summed E-state index contributed by atoms with van der Waals surface area (Å²) in [5.74, 6) is -0.0353. The van der Waals surface area contributed by atoms with Gasteiger partial charge in [0.2, 0.25) is 5.91 Å². The van der Waals surface area contributed by atoms with E-state index in [9.17, 15) is 4.79 Å². The molecule has 4 nitrogen and oxygen atoms in total. The molecule has 3 N–H and O–H groups in total. The van der Waals surface area contributed by atoms with Crippen molar-refractivity contribution in [1.29, 1.82) is 0 Å². The fourth-order valence-electron chi connectivity index (χ4n) is 1.91. The Hall–Kier alpha value is -0.320. The molecule has 1 unspecified atom stereocenters. The lowest BCUT2D eigenvalue weighted by atomic mass is 9.97. The number of nitrogens with zero attached hydrogens (tertiary/aromatic N) is 1. The zero-order valence-electron chi connectivity index (χ0n) is 12.3. The van der Waals surface area contributed by atoms with E-state index in [1.165, 1.54) is 0 Å². The van der Waals surface area contributed by atoms with Crippen LogP contribution >= 0.6 is 12.4 Å². The zero-order valence-corrected chi connectivity index (χ0v) is 13.1. The highest BCUT2D eigenvalue weighted by atomic mass is 35.5. The first-order valence-electron chi connectivity index (χ1n) is 6.77. The Morgan fingerprint density at radius 2 is 1.83 bits per heavy atom. The maximum absolute atomic E-state index is 11.8. The fraction of sp³-hybridized carbons (Fsp3) is 0.923. The molecule has 0 bridgehead atoms. The van der Waals surface area contributed by atoms with Crippen LogP contribution in [-0.4, -0.2) is 42.5 Å². The molecule has 0 aliphatic carbocycles. The number of halogens is 1. The zero-order chi connectivity index (χ0) is 13.3. The molecule has 0 saturated heterocycles. The van der Waals surface area contributed by atoms with Crippen molar-refractivity contribution in [1.82, 2.24) is 10.2 Å². The summed E-state index contributed by atoms with van der Waals surface area (Å²) < 4.78 is 0. The standard InChI is InChI=1S/C13H29N3O.ClH/c1-5-8-13(4,14)12(17)15-9-11-16(7-3)10-6-2;/h5-11,14H2,1-4H3,(H,15,17);1H. The van der Waals surface area contributed by atoms with Crippen molar-refractivity contribution in [2.45, 2.75) is 52.5 Å². The van der Waals surface area contributed by atoms with Crippen LogP contribution in [0.25, 0.3) is 0 Å². The first-order chi connectivity index (χ1) is 7.97. The molecular formula is C13H30ClN3O. The number of hydrogen-bond donors (Lipinski definition) is 2. The third-order valence-electron chi connectivity index (χ3n) is 2.99. The number of amides is 1. The second kappa shape index (κ2) is 10.6. The lowest BCUT2D eigenvalue weighted by molar-refractivity contribution is -0.126. The molecule has 0 fully saturated rings. The van der Waals surface area contributed by atoms with Gasteiger partial charge < -0.3 is 16.0 Å². The monoisotopic (exact) mass is 279 g/mol. The highest BCUT2D eigenvalue weighted by Gasteiger charge is 2.26.